The van der Waals surface area contributed by atoms with E-state index in [1.54, 1.807) is 24.3 Å². The molecule has 28 heavy (non-hydrogen) atoms. The number of hydrogen-bond donors (Lipinski definition) is 5. The predicted octanol–water partition coefficient (Wildman–Crippen LogP) is 0.769. The van der Waals surface area contributed by atoms with Crippen molar-refractivity contribution in [2.45, 2.75) is 19.1 Å². The first-order valence-electron chi connectivity index (χ1n) is 8.20. The summed E-state index contributed by atoms with van der Waals surface area (Å²) in [6, 6.07) is 11.0. The molecule has 0 saturated carbocycles. The fraction of sp³-hybridized carbons (Fsp3) is 0.150. The summed E-state index contributed by atoms with van der Waals surface area (Å²) in [4.78, 5) is 34.5. The lowest BCUT2D eigenvalue weighted by molar-refractivity contribution is -0.133. The molecule has 8 heteroatoms. The minimum absolute atomic E-state index is 0.172. The van der Waals surface area contributed by atoms with Gasteiger partial charge in [-0.2, -0.15) is 0 Å². The highest BCUT2D eigenvalue weighted by Gasteiger charge is 2.25. The molecule has 0 saturated heterocycles. The van der Waals surface area contributed by atoms with Gasteiger partial charge in [-0.15, -0.1) is 0 Å². The Morgan fingerprint density at radius 1 is 0.893 bits per heavy atom. The van der Waals surface area contributed by atoms with Crippen LogP contribution in [-0.4, -0.2) is 45.3 Å². The van der Waals surface area contributed by atoms with Gasteiger partial charge in [-0.05, 0) is 55.5 Å². The van der Waals surface area contributed by atoms with Gasteiger partial charge in [-0.3, -0.25) is 14.8 Å². The Labute approximate surface area is 160 Å². The van der Waals surface area contributed by atoms with Crippen molar-refractivity contribution in [2.24, 2.45) is 0 Å². The van der Waals surface area contributed by atoms with Crippen LogP contribution in [0.4, 0.5) is 0 Å². The SMILES string of the molecule is C[C@@H](O)[C@H](NC(=O)c1ccc(C#Cc2ccc(C(=O)O)cc2)cc1)C(=O)NO. The van der Waals surface area contributed by atoms with Crippen LogP contribution in [0.25, 0.3) is 0 Å². The topological polar surface area (TPSA) is 136 Å². The van der Waals surface area contributed by atoms with E-state index in [0.29, 0.717) is 11.1 Å². The van der Waals surface area contributed by atoms with Crippen LogP contribution in [0.15, 0.2) is 48.5 Å². The van der Waals surface area contributed by atoms with Gasteiger partial charge in [0.15, 0.2) is 0 Å². The van der Waals surface area contributed by atoms with Crippen LogP contribution in [-0.2, 0) is 4.79 Å². The Morgan fingerprint density at radius 2 is 1.36 bits per heavy atom. The summed E-state index contributed by atoms with van der Waals surface area (Å²) in [5.41, 5.74) is 3.07. The molecule has 0 unspecified atom stereocenters. The first-order valence-corrected chi connectivity index (χ1v) is 8.20. The van der Waals surface area contributed by atoms with E-state index in [4.69, 9.17) is 10.3 Å². The van der Waals surface area contributed by atoms with Crippen LogP contribution >= 0.6 is 0 Å². The predicted molar refractivity (Wildman–Crippen MR) is 98.7 cm³/mol. The molecular weight excluding hydrogens is 364 g/mol. The van der Waals surface area contributed by atoms with Gasteiger partial charge in [-0.25, -0.2) is 10.3 Å². The van der Waals surface area contributed by atoms with E-state index in [0.717, 1.165) is 0 Å². The van der Waals surface area contributed by atoms with Gasteiger partial charge in [0.25, 0.3) is 11.8 Å². The first-order chi connectivity index (χ1) is 13.3. The molecule has 0 spiro atoms. The van der Waals surface area contributed by atoms with Crippen LogP contribution in [0.5, 0.6) is 0 Å². The third-order valence-corrected chi connectivity index (χ3v) is 3.79. The highest BCUT2D eigenvalue weighted by Crippen LogP contribution is 2.07. The Bertz CT molecular complexity index is 924. The minimum atomic E-state index is -1.30. The highest BCUT2D eigenvalue weighted by atomic mass is 16.5. The highest BCUT2D eigenvalue weighted by molar-refractivity contribution is 5.97. The van der Waals surface area contributed by atoms with Crippen molar-refractivity contribution in [3.8, 4) is 11.8 Å². The number of rotatable bonds is 5. The van der Waals surface area contributed by atoms with E-state index in [1.165, 1.54) is 36.7 Å². The number of carbonyl (C=O) groups excluding carboxylic acids is 2. The van der Waals surface area contributed by atoms with E-state index >= 15 is 0 Å². The zero-order chi connectivity index (χ0) is 20.7. The molecule has 0 aliphatic heterocycles. The van der Waals surface area contributed by atoms with Crippen molar-refractivity contribution in [2.75, 3.05) is 0 Å². The third kappa shape index (κ3) is 5.41. The molecule has 0 radical (unpaired) electrons. The molecule has 2 atom stereocenters. The number of aromatic carboxylic acids is 1. The summed E-state index contributed by atoms with van der Waals surface area (Å²) in [6.07, 6.45) is -1.20. The second-order valence-corrected chi connectivity index (χ2v) is 5.88. The number of carbonyl (C=O) groups is 3. The number of benzene rings is 2. The summed E-state index contributed by atoms with van der Waals surface area (Å²) in [5, 5.41) is 29.4. The molecule has 2 rings (SSSR count). The Hall–Kier alpha value is -3.67. The van der Waals surface area contributed by atoms with E-state index in [2.05, 4.69) is 17.2 Å². The summed E-state index contributed by atoms with van der Waals surface area (Å²) >= 11 is 0. The van der Waals surface area contributed by atoms with Crippen molar-refractivity contribution in [1.82, 2.24) is 10.8 Å². The standard InChI is InChI=1S/C20H18N2O6/c1-12(23)17(19(25)22-28)21-18(24)15-8-4-13(5-9-15)2-3-14-6-10-16(11-7-14)20(26)27/h4-12,17,23,28H,1H3,(H,21,24)(H,22,25)(H,26,27)/t12-,17+/m1/s1. The van der Waals surface area contributed by atoms with Crippen molar-refractivity contribution in [3.05, 3.63) is 70.8 Å². The van der Waals surface area contributed by atoms with E-state index in [1.807, 2.05) is 0 Å². The average molecular weight is 382 g/mol. The fourth-order valence-electron chi connectivity index (χ4n) is 2.24. The van der Waals surface area contributed by atoms with Crippen molar-refractivity contribution in [3.63, 3.8) is 0 Å². The molecule has 5 N–H and O–H groups in total. The first kappa shape index (κ1) is 20.6. The third-order valence-electron chi connectivity index (χ3n) is 3.79. The molecule has 144 valence electrons. The zero-order valence-corrected chi connectivity index (χ0v) is 14.8. The summed E-state index contributed by atoms with van der Waals surface area (Å²) in [7, 11) is 0. The number of hydroxylamine groups is 1. The molecule has 0 fully saturated rings. The number of carboxylic acid groups (broad SMARTS) is 1. The van der Waals surface area contributed by atoms with Crippen molar-refractivity contribution >= 4 is 17.8 Å². The summed E-state index contributed by atoms with van der Waals surface area (Å²) < 4.78 is 0. The Kier molecular flexibility index (Phi) is 6.87. The normalized spacial score (nSPS) is 12.1. The molecule has 0 aromatic heterocycles. The van der Waals surface area contributed by atoms with Gasteiger partial charge in [0.05, 0.1) is 11.7 Å². The second-order valence-electron chi connectivity index (χ2n) is 5.88. The van der Waals surface area contributed by atoms with Crippen molar-refractivity contribution < 1.29 is 29.8 Å². The molecular formula is C20H18N2O6. The number of amides is 2. The van der Waals surface area contributed by atoms with Crippen LogP contribution in [0.1, 0.15) is 38.8 Å². The minimum Gasteiger partial charge on any atom is -0.478 e. The van der Waals surface area contributed by atoms with Crippen LogP contribution in [0.2, 0.25) is 0 Å². The number of aliphatic hydroxyl groups is 1. The van der Waals surface area contributed by atoms with E-state index in [-0.39, 0.29) is 11.1 Å². The number of aliphatic hydroxyl groups excluding tert-OH is 1. The Balaban J connectivity index is 2.08. The lowest BCUT2D eigenvalue weighted by Gasteiger charge is -2.19. The smallest absolute Gasteiger partial charge is 0.335 e. The van der Waals surface area contributed by atoms with Gasteiger partial charge in [0.2, 0.25) is 0 Å². The van der Waals surface area contributed by atoms with Gasteiger partial charge >= 0.3 is 5.97 Å². The number of hydrogen-bond acceptors (Lipinski definition) is 5. The number of nitrogens with one attached hydrogen (secondary N) is 2. The quantitative estimate of drug-likeness (QED) is 0.294. The Morgan fingerprint density at radius 3 is 1.75 bits per heavy atom. The summed E-state index contributed by atoms with van der Waals surface area (Å²) in [6.45, 7) is 1.31. The van der Waals surface area contributed by atoms with Gasteiger partial charge in [-0.1, -0.05) is 11.8 Å². The second kappa shape index (κ2) is 9.32. The maximum absolute atomic E-state index is 12.2. The zero-order valence-electron chi connectivity index (χ0n) is 14.8. The van der Waals surface area contributed by atoms with Gasteiger partial charge < -0.3 is 15.5 Å². The lowest BCUT2D eigenvalue weighted by atomic mass is 10.1. The monoisotopic (exact) mass is 382 g/mol. The number of carboxylic acids is 1. The molecule has 2 amide bonds. The molecule has 2 aromatic carbocycles. The van der Waals surface area contributed by atoms with E-state index in [9.17, 15) is 19.5 Å². The van der Waals surface area contributed by atoms with Crippen LogP contribution in [0.3, 0.4) is 0 Å². The van der Waals surface area contributed by atoms with Gasteiger partial charge in [0.1, 0.15) is 6.04 Å². The molecule has 0 heterocycles. The maximum atomic E-state index is 12.2. The molecule has 0 aliphatic rings. The van der Waals surface area contributed by atoms with Crippen molar-refractivity contribution in [1.29, 1.82) is 0 Å². The maximum Gasteiger partial charge on any atom is 0.335 e. The average Bonchev–Trinajstić information content (AvgIpc) is 2.70. The molecule has 8 nitrogen and oxygen atoms in total. The summed E-state index contributed by atoms with van der Waals surface area (Å²) in [5.74, 6) is 3.24. The van der Waals surface area contributed by atoms with Crippen LogP contribution < -0.4 is 10.8 Å². The largest absolute Gasteiger partial charge is 0.478 e. The van der Waals surface area contributed by atoms with Crippen LogP contribution in [0, 0.1) is 11.8 Å². The van der Waals surface area contributed by atoms with E-state index < -0.39 is 29.9 Å². The molecule has 2 aromatic rings. The molecule has 0 aliphatic carbocycles. The van der Waals surface area contributed by atoms with Gasteiger partial charge in [0, 0.05) is 16.7 Å². The lowest BCUT2D eigenvalue weighted by Crippen LogP contribution is -2.51. The molecule has 0 bridgehead atoms. The fourth-order valence-corrected chi connectivity index (χ4v) is 2.24.